The van der Waals surface area contributed by atoms with Crippen molar-refractivity contribution in [2.75, 3.05) is 0 Å². The second kappa shape index (κ2) is 5.64. The average molecular weight is 275 g/mol. The summed E-state index contributed by atoms with van der Waals surface area (Å²) in [6.07, 6.45) is 3.56. The molecule has 1 saturated heterocycles. The molecule has 2 aliphatic heterocycles. The van der Waals surface area contributed by atoms with Crippen molar-refractivity contribution in [3.05, 3.63) is 48.0 Å². The fraction of sp³-hybridized carbons (Fsp3) is 0.400. The van der Waals surface area contributed by atoms with E-state index in [9.17, 15) is 9.90 Å². The summed E-state index contributed by atoms with van der Waals surface area (Å²) in [5.41, 5.74) is 0.927. The third kappa shape index (κ3) is 2.84. The number of amides is 1. The predicted octanol–water partition coefficient (Wildman–Crippen LogP) is 2.02. The van der Waals surface area contributed by atoms with Crippen LogP contribution in [-0.2, 0) is 16.2 Å². The highest BCUT2D eigenvalue weighted by Crippen LogP contribution is 2.27. The molecule has 4 rings (SSSR count). The summed E-state index contributed by atoms with van der Waals surface area (Å²) >= 11 is 0. The Hall–Kier alpha value is -1.85. The van der Waals surface area contributed by atoms with Crippen LogP contribution in [-0.4, -0.2) is 34.5 Å². The summed E-state index contributed by atoms with van der Waals surface area (Å²) in [5.74, 6) is 0. The number of aliphatic hydroxyl groups is 1. The number of hydroxylamine groups is 2. The molecule has 3 atom stereocenters. The molecule has 3 aliphatic rings. The minimum Gasteiger partial charge on any atom is -0.443 e. The van der Waals surface area contributed by atoms with Crippen molar-refractivity contribution >= 4 is 6.09 Å². The SMILES string of the molecule is O=C(OCc1ccccc1)N1O[C@H]2C=C[C@@H]1C[C@@H](O)C2. The first kappa shape index (κ1) is 13.1. The number of carbonyl (C=O) groups is 1. The van der Waals surface area contributed by atoms with E-state index in [1.165, 1.54) is 5.06 Å². The molecule has 0 radical (unpaired) electrons. The van der Waals surface area contributed by atoms with E-state index >= 15 is 0 Å². The van der Waals surface area contributed by atoms with Gasteiger partial charge >= 0.3 is 6.09 Å². The fourth-order valence-corrected chi connectivity index (χ4v) is 2.49. The monoisotopic (exact) mass is 275 g/mol. The molecule has 0 saturated carbocycles. The van der Waals surface area contributed by atoms with Gasteiger partial charge in [0.1, 0.15) is 12.7 Å². The number of ether oxygens (including phenoxy) is 1. The van der Waals surface area contributed by atoms with Crippen LogP contribution < -0.4 is 0 Å². The van der Waals surface area contributed by atoms with E-state index in [-0.39, 0.29) is 18.8 Å². The number of aliphatic hydroxyl groups excluding tert-OH is 1. The van der Waals surface area contributed by atoms with Crippen molar-refractivity contribution < 1.29 is 19.5 Å². The molecule has 1 N–H and O–H groups in total. The Morgan fingerprint density at radius 2 is 2.10 bits per heavy atom. The van der Waals surface area contributed by atoms with Crippen molar-refractivity contribution in [3.8, 4) is 0 Å². The standard InChI is InChI=1S/C15H17NO4/c17-13-8-12-6-7-14(9-13)20-16(12)15(18)19-10-11-4-2-1-3-5-11/h1-7,12-14,17H,8-10H2/t12-,13-,14+/m1/s1. The van der Waals surface area contributed by atoms with Gasteiger partial charge in [0.2, 0.25) is 0 Å². The first-order valence-electron chi connectivity index (χ1n) is 6.75. The topological polar surface area (TPSA) is 59.0 Å². The summed E-state index contributed by atoms with van der Waals surface area (Å²) in [7, 11) is 0. The second-order valence-corrected chi connectivity index (χ2v) is 5.09. The quantitative estimate of drug-likeness (QED) is 0.839. The lowest BCUT2D eigenvalue weighted by atomic mass is 10.1. The van der Waals surface area contributed by atoms with Gasteiger partial charge in [0.25, 0.3) is 0 Å². The van der Waals surface area contributed by atoms with E-state index < -0.39 is 12.2 Å². The van der Waals surface area contributed by atoms with Crippen LogP contribution in [0.3, 0.4) is 0 Å². The number of carbonyl (C=O) groups excluding carboxylic acids is 1. The highest BCUT2D eigenvalue weighted by Gasteiger charge is 2.36. The van der Waals surface area contributed by atoms with E-state index in [1.807, 2.05) is 42.5 Å². The zero-order valence-electron chi connectivity index (χ0n) is 11.0. The molecule has 2 bridgehead atoms. The largest absolute Gasteiger partial charge is 0.443 e. The van der Waals surface area contributed by atoms with Gasteiger partial charge in [-0.3, -0.25) is 4.84 Å². The Kier molecular flexibility index (Phi) is 3.71. The van der Waals surface area contributed by atoms with Crippen molar-refractivity contribution in [2.45, 2.75) is 37.7 Å². The van der Waals surface area contributed by atoms with E-state index in [1.54, 1.807) is 0 Å². The van der Waals surface area contributed by atoms with Crippen LogP contribution >= 0.6 is 0 Å². The van der Waals surface area contributed by atoms with E-state index in [0.717, 1.165) is 5.56 Å². The number of benzene rings is 1. The highest BCUT2D eigenvalue weighted by atomic mass is 16.7. The number of nitrogens with zero attached hydrogens (tertiary/aromatic N) is 1. The van der Waals surface area contributed by atoms with Gasteiger partial charge in [-0.15, -0.1) is 0 Å². The predicted molar refractivity (Wildman–Crippen MR) is 71.5 cm³/mol. The van der Waals surface area contributed by atoms with Crippen LogP contribution in [0.2, 0.25) is 0 Å². The molecule has 5 heteroatoms. The third-order valence-corrected chi connectivity index (χ3v) is 3.50. The van der Waals surface area contributed by atoms with Crippen molar-refractivity contribution in [1.29, 1.82) is 0 Å². The van der Waals surface area contributed by atoms with Crippen LogP contribution in [0.4, 0.5) is 4.79 Å². The normalized spacial score (nSPS) is 28.2. The van der Waals surface area contributed by atoms with E-state index in [0.29, 0.717) is 12.8 Å². The van der Waals surface area contributed by atoms with Gasteiger partial charge < -0.3 is 9.84 Å². The van der Waals surface area contributed by atoms with Crippen LogP contribution in [0.15, 0.2) is 42.5 Å². The lowest BCUT2D eigenvalue weighted by molar-refractivity contribution is -0.176. The van der Waals surface area contributed by atoms with Gasteiger partial charge in [-0.1, -0.05) is 42.5 Å². The first-order chi connectivity index (χ1) is 9.72. The van der Waals surface area contributed by atoms with Gasteiger partial charge in [-0.25, -0.2) is 4.79 Å². The lowest BCUT2D eigenvalue weighted by Gasteiger charge is -2.30. The number of fused-ring (bicyclic) bond motifs is 3. The molecule has 1 aromatic carbocycles. The number of hydrogen-bond acceptors (Lipinski definition) is 4. The molecule has 1 fully saturated rings. The van der Waals surface area contributed by atoms with Crippen molar-refractivity contribution in [1.82, 2.24) is 5.06 Å². The molecule has 1 aliphatic carbocycles. The molecule has 1 amide bonds. The molecule has 0 spiro atoms. The average Bonchev–Trinajstić information content (AvgIpc) is 2.74. The molecule has 20 heavy (non-hydrogen) atoms. The zero-order valence-corrected chi connectivity index (χ0v) is 11.0. The van der Waals surface area contributed by atoms with E-state index in [4.69, 9.17) is 9.57 Å². The van der Waals surface area contributed by atoms with Crippen LogP contribution in [0.1, 0.15) is 18.4 Å². The molecule has 2 heterocycles. The second-order valence-electron chi connectivity index (χ2n) is 5.09. The minimum atomic E-state index is -0.512. The Labute approximate surface area is 117 Å². The molecule has 0 aromatic heterocycles. The Morgan fingerprint density at radius 1 is 1.30 bits per heavy atom. The van der Waals surface area contributed by atoms with E-state index in [2.05, 4.69) is 0 Å². The maximum Gasteiger partial charge on any atom is 0.434 e. The van der Waals surface area contributed by atoms with Crippen molar-refractivity contribution in [3.63, 3.8) is 0 Å². The molecular weight excluding hydrogens is 258 g/mol. The molecule has 5 nitrogen and oxygen atoms in total. The lowest BCUT2D eigenvalue weighted by Crippen LogP contribution is -2.42. The first-order valence-corrected chi connectivity index (χ1v) is 6.75. The van der Waals surface area contributed by atoms with Crippen LogP contribution in [0.5, 0.6) is 0 Å². The van der Waals surface area contributed by atoms with Crippen LogP contribution in [0, 0.1) is 0 Å². The van der Waals surface area contributed by atoms with Gasteiger partial charge in [0, 0.05) is 12.8 Å². The maximum absolute atomic E-state index is 12.1. The van der Waals surface area contributed by atoms with Crippen LogP contribution in [0.25, 0.3) is 0 Å². The fourth-order valence-electron chi connectivity index (χ4n) is 2.49. The molecule has 1 aromatic rings. The summed E-state index contributed by atoms with van der Waals surface area (Å²) in [6, 6.07) is 9.24. The summed E-state index contributed by atoms with van der Waals surface area (Å²) < 4.78 is 5.26. The Bertz CT molecular complexity index is 502. The summed E-state index contributed by atoms with van der Waals surface area (Å²) in [4.78, 5) is 17.6. The zero-order chi connectivity index (χ0) is 13.9. The van der Waals surface area contributed by atoms with Gasteiger partial charge in [0.15, 0.2) is 0 Å². The smallest absolute Gasteiger partial charge is 0.434 e. The Balaban J connectivity index is 1.62. The summed E-state index contributed by atoms with van der Waals surface area (Å²) in [6.45, 7) is 0.211. The Morgan fingerprint density at radius 3 is 2.90 bits per heavy atom. The molecular formula is C15H17NO4. The molecule has 0 unspecified atom stereocenters. The highest BCUT2D eigenvalue weighted by molar-refractivity contribution is 5.67. The third-order valence-electron chi connectivity index (χ3n) is 3.50. The van der Waals surface area contributed by atoms with Crippen molar-refractivity contribution in [2.24, 2.45) is 0 Å². The van der Waals surface area contributed by atoms with Gasteiger partial charge in [-0.05, 0) is 5.56 Å². The van der Waals surface area contributed by atoms with Gasteiger partial charge in [0.05, 0.1) is 12.1 Å². The maximum atomic E-state index is 12.1. The van der Waals surface area contributed by atoms with Gasteiger partial charge in [-0.2, -0.15) is 5.06 Å². The number of rotatable bonds is 2. The minimum absolute atomic E-state index is 0.211. The molecule has 106 valence electrons. The summed E-state index contributed by atoms with van der Waals surface area (Å²) in [5, 5.41) is 11.0. The number of hydrogen-bond donors (Lipinski definition) is 1.